The summed E-state index contributed by atoms with van der Waals surface area (Å²) in [5.41, 5.74) is 2.14. The standard InChI is InChI=1S/C19H25N5O/c25-19(22-16-17-6-4-5-9-20-17)21-10-11-23-12-14-24(15-13-23)18-7-2-1-3-8-18/h1-9H,10-16H2,(H2,21,22,25). The maximum atomic E-state index is 11.8. The molecule has 0 unspecified atom stereocenters. The van der Waals surface area contributed by atoms with Crippen LogP contribution in [0.1, 0.15) is 5.69 Å². The first-order chi connectivity index (χ1) is 12.3. The molecule has 6 nitrogen and oxygen atoms in total. The molecule has 2 heterocycles. The first-order valence-corrected chi connectivity index (χ1v) is 8.75. The number of hydrogen-bond acceptors (Lipinski definition) is 4. The summed E-state index contributed by atoms with van der Waals surface area (Å²) in [5, 5.41) is 5.74. The predicted octanol–water partition coefficient (Wildman–Crippen LogP) is 1.70. The second-order valence-corrected chi connectivity index (χ2v) is 6.09. The molecule has 0 bridgehead atoms. The van der Waals surface area contributed by atoms with Crippen molar-refractivity contribution in [3.63, 3.8) is 0 Å². The van der Waals surface area contributed by atoms with Gasteiger partial charge in [-0.3, -0.25) is 9.88 Å². The van der Waals surface area contributed by atoms with E-state index in [1.807, 2.05) is 24.3 Å². The van der Waals surface area contributed by atoms with Crippen LogP contribution < -0.4 is 15.5 Å². The molecule has 1 saturated heterocycles. The van der Waals surface area contributed by atoms with Crippen LogP contribution in [0, 0.1) is 0 Å². The van der Waals surface area contributed by atoms with Gasteiger partial charge in [-0.1, -0.05) is 24.3 Å². The number of hydrogen-bond donors (Lipinski definition) is 2. The molecule has 1 aliphatic rings. The van der Waals surface area contributed by atoms with Gasteiger partial charge in [0.05, 0.1) is 12.2 Å². The Morgan fingerprint density at radius 1 is 0.960 bits per heavy atom. The topological polar surface area (TPSA) is 60.5 Å². The van der Waals surface area contributed by atoms with Crippen molar-refractivity contribution in [2.75, 3.05) is 44.2 Å². The number of carbonyl (C=O) groups excluding carboxylic acids is 1. The number of anilines is 1. The summed E-state index contributed by atoms with van der Waals surface area (Å²) in [5.74, 6) is 0. The third-order valence-corrected chi connectivity index (χ3v) is 4.36. The molecule has 1 fully saturated rings. The van der Waals surface area contributed by atoms with Crippen LogP contribution in [0.15, 0.2) is 54.7 Å². The number of benzene rings is 1. The summed E-state index contributed by atoms with van der Waals surface area (Å²) < 4.78 is 0. The lowest BCUT2D eigenvalue weighted by Gasteiger charge is -2.36. The normalized spacial score (nSPS) is 15.0. The Balaban J connectivity index is 1.30. The monoisotopic (exact) mass is 339 g/mol. The van der Waals surface area contributed by atoms with E-state index in [0.29, 0.717) is 13.1 Å². The summed E-state index contributed by atoms with van der Waals surface area (Å²) in [4.78, 5) is 20.8. The van der Waals surface area contributed by atoms with Crippen molar-refractivity contribution < 1.29 is 4.79 Å². The molecule has 3 rings (SSSR count). The quantitative estimate of drug-likeness (QED) is 0.841. The average Bonchev–Trinajstić information content (AvgIpc) is 2.68. The molecule has 2 N–H and O–H groups in total. The van der Waals surface area contributed by atoms with E-state index in [4.69, 9.17) is 0 Å². The lowest BCUT2D eigenvalue weighted by atomic mass is 10.2. The largest absolute Gasteiger partial charge is 0.369 e. The van der Waals surface area contributed by atoms with Gasteiger partial charge in [0.25, 0.3) is 0 Å². The van der Waals surface area contributed by atoms with E-state index in [-0.39, 0.29) is 6.03 Å². The number of para-hydroxylation sites is 1. The molecule has 132 valence electrons. The fourth-order valence-corrected chi connectivity index (χ4v) is 2.93. The molecule has 6 heteroatoms. The Labute approximate surface area is 148 Å². The van der Waals surface area contributed by atoms with Gasteiger partial charge in [0, 0.05) is 51.2 Å². The van der Waals surface area contributed by atoms with Crippen molar-refractivity contribution in [1.82, 2.24) is 20.5 Å². The number of amides is 2. The molecule has 0 atom stereocenters. The molecule has 2 aromatic rings. The van der Waals surface area contributed by atoms with E-state index in [9.17, 15) is 4.79 Å². The first kappa shape index (κ1) is 17.2. The van der Waals surface area contributed by atoms with Crippen molar-refractivity contribution in [3.8, 4) is 0 Å². The van der Waals surface area contributed by atoms with Crippen LogP contribution >= 0.6 is 0 Å². The van der Waals surface area contributed by atoms with Gasteiger partial charge in [-0.2, -0.15) is 0 Å². The van der Waals surface area contributed by atoms with Crippen LogP contribution in [0.4, 0.5) is 10.5 Å². The predicted molar refractivity (Wildman–Crippen MR) is 99.6 cm³/mol. The van der Waals surface area contributed by atoms with E-state index < -0.39 is 0 Å². The zero-order valence-corrected chi connectivity index (χ0v) is 14.4. The third kappa shape index (κ3) is 5.46. The number of urea groups is 1. The molecule has 1 aromatic carbocycles. The van der Waals surface area contributed by atoms with Crippen molar-refractivity contribution in [1.29, 1.82) is 0 Å². The Kier molecular flexibility index (Phi) is 6.23. The fourth-order valence-electron chi connectivity index (χ4n) is 2.93. The molecular formula is C19H25N5O. The van der Waals surface area contributed by atoms with Gasteiger partial charge >= 0.3 is 6.03 Å². The van der Waals surface area contributed by atoms with Gasteiger partial charge in [-0.25, -0.2) is 4.79 Å². The Bertz CT molecular complexity index is 641. The van der Waals surface area contributed by atoms with Crippen molar-refractivity contribution in [2.24, 2.45) is 0 Å². The highest BCUT2D eigenvalue weighted by Crippen LogP contribution is 2.15. The maximum absolute atomic E-state index is 11.8. The summed E-state index contributed by atoms with van der Waals surface area (Å²) in [6.07, 6.45) is 1.73. The minimum Gasteiger partial charge on any atom is -0.369 e. The molecule has 0 spiro atoms. The molecule has 0 saturated carbocycles. The number of nitrogens with one attached hydrogen (secondary N) is 2. The van der Waals surface area contributed by atoms with E-state index in [2.05, 4.69) is 49.7 Å². The molecule has 1 aliphatic heterocycles. The van der Waals surface area contributed by atoms with E-state index >= 15 is 0 Å². The third-order valence-electron chi connectivity index (χ3n) is 4.36. The lowest BCUT2D eigenvalue weighted by Crippen LogP contribution is -2.49. The van der Waals surface area contributed by atoms with Crippen LogP contribution in [-0.4, -0.2) is 55.2 Å². The highest BCUT2D eigenvalue weighted by atomic mass is 16.2. The SMILES string of the molecule is O=C(NCCN1CCN(c2ccccc2)CC1)NCc1ccccn1. The van der Waals surface area contributed by atoms with Crippen molar-refractivity contribution in [2.45, 2.75) is 6.54 Å². The summed E-state index contributed by atoms with van der Waals surface area (Å²) in [6.45, 7) is 6.06. The van der Waals surface area contributed by atoms with Crippen LogP contribution in [0.3, 0.4) is 0 Å². The zero-order valence-electron chi connectivity index (χ0n) is 14.4. The maximum Gasteiger partial charge on any atom is 0.315 e. The van der Waals surface area contributed by atoms with Gasteiger partial charge < -0.3 is 15.5 Å². The smallest absolute Gasteiger partial charge is 0.315 e. The second kappa shape index (κ2) is 9.03. The van der Waals surface area contributed by atoms with Crippen LogP contribution in [-0.2, 0) is 6.54 Å². The Morgan fingerprint density at radius 2 is 1.72 bits per heavy atom. The minimum atomic E-state index is -0.145. The lowest BCUT2D eigenvalue weighted by molar-refractivity contribution is 0.231. The molecule has 25 heavy (non-hydrogen) atoms. The van der Waals surface area contributed by atoms with Gasteiger partial charge in [0.1, 0.15) is 0 Å². The molecule has 0 radical (unpaired) electrons. The van der Waals surface area contributed by atoms with Crippen molar-refractivity contribution in [3.05, 3.63) is 60.4 Å². The second-order valence-electron chi connectivity index (χ2n) is 6.09. The van der Waals surface area contributed by atoms with Gasteiger partial charge in [-0.15, -0.1) is 0 Å². The summed E-state index contributed by atoms with van der Waals surface area (Å²) in [6, 6.07) is 16.0. The molecule has 2 amide bonds. The molecule has 0 aliphatic carbocycles. The fraction of sp³-hybridized carbons (Fsp3) is 0.368. The van der Waals surface area contributed by atoms with E-state index in [1.165, 1.54) is 5.69 Å². The number of rotatable bonds is 6. The summed E-state index contributed by atoms with van der Waals surface area (Å²) >= 11 is 0. The minimum absolute atomic E-state index is 0.145. The zero-order chi connectivity index (χ0) is 17.3. The average molecular weight is 339 g/mol. The Morgan fingerprint density at radius 3 is 2.44 bits per heavy atom. The molecular weight excluding hydrogens is 314 g/mol. The number of carbonyl (C=O) groups is 1. The van der Waals surface area contributed by atoms with Gasteiger partial charge in [0.15, 0.2) is 0 Å². The van der Waals surface area contributed by atoms with Crippen LogP contribution in [0.25, 0.3) is 0 Å². The number of pyridine rings is 1. The number of piperazine rings is 1. The van der Waals surface area contributed by atoms with Crippen LogP contribution in [0.2, 0.25) is 0 Å². The van der Waals surface area contributed by atoms with Crippen molar-refractivity contribution >= 4 is 11.7 Å². The first-order valence-electron chi connectivity index (χ1n) is 8.75. The summed E-state index contributed by atoms with van der Waals surface area (Å²) in [7, 11) is 0. The highest BCUT2D eigenvalue weighted by Gasteiger charge is 2.16. The van der Waals surface area contributed by atoms with Gasteiger partial charge in [0.2, 0.25) is 0 Å². The van der Waals surface area contributed by atoms with E-state index in [0.717, 1.165) is 38.4 Å². The highest BCUT2D eigenvalue weighted by molar-refractivity contribution is 5.73. The number of nitrogens with zero attached hydrogens (tertiary/aromatic N) is 3. The van der Waals surface area contributed by atoms with Gasteiger partial charge in [-0.05, 0) is 24.3 Å². The van der Waals surface area contributed by atoms with Crippen LogP contribution in [0.5, 0.6) is 0 Å². The number of aromatic nitrogens is 1. The van der Waals surface area contributed by atoms with E-state index in [1.54, 1.807) is 6.20 Å². The Hall–Kier alpha value is -2.60. The molecule has 1 aromatic heterocycles.